The minimum atomic E-state index is 0.413. The third-order valence-electron chi connectivity index (χ3n) is 2.68. The summed E-state index contributed by atoms with van der Waals surface area (Å²) in [7, 11) is 4.05. The number of aromatic nitrogens is 2. The van der Waals surface area contributed by atoms with E-state index < -0.39 is 0 Å². The van der Waals surface area contributed by atoms with Crippen LogP contribution >= 0.6 is 11.3 Å². The van der Waals surface area contributed by atoms with E-state index in [1.54, 1.807) is 11.3 Å². The Morgan fingerprint density at radius 2 is 2.20 bits per heavy atom. The number of nitrogen functional groups attached to an aromatic ring is 1. The van der Waals surface area contributed by atoms with Crippen molar-refractivity contribution in [3.05, 3.63) is 11.4 Å². The lowest BCUT2D eigenvalue weighted by molar-refractivity contribution is 0.126. The molecule has 0 radical (unpaired) electrons. The van der Waals surface area contributed by atoms with Crippen molar-refractivity contribution in [2.24, 2.45) is 5.84 Å². The van der Waals surface area contributed by atoms with Gasteiger partial charge in [-0.25, -0.2) is 10.8 Å². The van der Waals surface area contributed by atoms with Gasteiger partial charge in [0.25, 0.3) is 0 Å². The number of fused-ring (bicyclic) bond motifs is 1. The van der Waals surface area contributed by atoms with Gasteiger partial charge in [0, 0.05) is 13.1 Å². The predicted octanol–water partition coefficient (Wildman–Crippen LogP) is 0.967. The lowest BCUT2D eigenvalue weighted by Crippen LogP contribution is -2.20. The van der Waals surface area contributed by atoms with Gasteiger partial charge in [0.1, 0.15) is 10.6 Å². The van der Waals surface area contributed by atoms with Crippen LogP contribution in [0.15, 0.2) is 11.4 Å². The minimum absolute atomic E-state index is 0.413. The predicted molar refractivity (Wildman–Crippen MR) is 83.1 cm³/mol. The van der Waals surface area contributed by atoms with E-state index in [1.807, 2.05) is 25.5 Å². The summed E-state index contributed by atoms with van der Waals surface area (Å²) in [6, 6.07) is 2.00. The van der Waals surface area contributed by atoms with Crippen LogP contribution in [0.1, 0.15) is 0 Å². The Bertz CT molecular complexity index is 544. The molecule has 0 aliphatic carbocycles. The van der Waals surface area contributed by atoms with Gasteiger partial charge in [-0.2, -0.15) is 4.98 Å². The Morgan fingerprint density at radius 3 is 2.95 bits per heavy atom. The Morgan fingerprint density at radius 1 is 1.35 bits per heavy atom. The normalized spacial score (nSPS) is 11.2. The zero-order valence-corrected chi connectivity index (χ0v) is 12.5. The molecule has 4 N–H and O–H groups in total. The molecule has 0 unspecified atom stereocenters. The maximum absolute atomic E-state index is 5.53. The smallest absolute Gasteiger partial charge is 0.240 e. The second kappa shape index (κ2) is 7.34. The van der Waals surface area contributed by atoms with Gasteiger partial charge in [-0.15, -0.1) is 11.3 Å². The summed E-state index contributed by atoms with van der Waals surface area (Å²) in [6.45, 7) is 2.97. The van der Waals surface area contributed by atoms with Gasteiger partial charge < -0.3 is 15.0 Å². The van der Waals surface area contributed by atoms with Crippen molar-refractivity contribution in [2.45, 2.75) is 0 Å². The molecule has 0 aliphatic heterocycles. The number of rotatable bonds is 8. The molecule has 0 atom stereocenters. The summed E-state index contributed by atoms with van der Waals surface area (Å²) in [5.74, 6) is 6.56. The molecular weight excluding hydrogens is 276 g/mol. The topological polar surface area (TPSA) is 88.3 Å². The largest absolute Gasteiger partial charge is 0.378 e. The minimum Gasteiger partial charge on any atom is -0.378 e. The van der Waals surface area contributed by atoms with E-state index in [2.05, 4.69) is 25.6 Å². The van der Waals surface area contributed by atoms with Crippen molar-refractivity contribution in [2.75, 3.05) is 51.1 Å². The van der Waals surface area contributed by atoms with Crippen LogP contribution < -0.4 is 16.6 Å². The van der Waals surface area contributed by atoms with Crippen molar-refractivity contribution in [1.82, 2.24) is 14.9 Å². The number of hydrazine groups is 1. The van der Waals surface area contributed by atoms with Crippen LogP contribution in [0.3, 0.4) is 0 Å². The molecule has 2 heterocycles. The summed E-state index contributed by atoms with van der Waals surface area (Å²) in [6.07, 6.45) is 0. The number of hydrogen-bond acceptors (Lipinski definition) is 8. The zero-order valence-electron chi connectivity index (χ0n) is 11.7. The SMILES string of the molecule is CN(C)CCOCCNc1nc(NN)nc2sccc12. The molecular formula is C12H20N6OS. The molecule has 2 aromatic rings. The van der Waals surface area contributed by atoms with E-state index in [4.69, 9.17) is 10.6 Å². The second-order valence-electron chi connectivity index (χ2n) is 4.52. The van der Waals surface area contributed by atoms with Crippen LogP contribution in [0.25, 0.3) is 10.2 Å². The number of hydrogen-bond donors (Lipinski definition) is 3. The molecule has 0 fully saturated rings. The Kier molecular flexibility index (Phi) is 5.48. The average molecular weight is 296 g/mol. The molecule has 2 aromatic heterocycles. The fourth-order valence-electron chi connectivity index (χ4n) is 1.65. The number of nitrogens with one attached hydrogen (secondary N) is 2. The molecule has 0 bridgehead atoms. The van der Waals surface area contributed by atoms with Crippen LogP contribution in [-0.2, 0) is 4.74 Å². The Balaban J connectivity index is 1.87. The summed E-state index contributed by atoms with van der Waals surface area (Å²) in [5, 5.41) is 6.24. The van der Waals surface area contributed by atoms with Gasteiger partial charge >= 0.3 is 0 Å². The van der Waals surface area contributed by atoms with E-state index in [-0.39, 0.29) is 0 Å². The maximum atomic E-state index is 5.53. The second-order valence-corrected chi connectivity index (χ2v) is 5.42. The lowest BCUT2D eigenvalue weighted by atomic mass is 10.4. The maximum Gasteiger partial charge on any atom is 0.240 e. The number of likely N-dealkylation sites (N-methyl/N-ethyl adjacent to an activating group) is 1. The monoisotopic (exact) mass is 296 g/mol. The molecule has 7 nitrogen and oxygen atoms in total. The van der Waals surface area contributed by atoms with Crippen LogP contribution in [0.5, 0.6) is 0 Å². The van der Waals surface area contributed by atoms with E-state index in [9.17, 15) is 0 Å². The van der Waals surface area contributed by atoms with Crippen molar-refractivity contribution in [3.8, 4) is 0 Å². The van der Waals surface area contributed by atoms with Gasteiger partial charge in [-0.1, -0.05) is 0 Å². The first kappa shape index (κ1) is 14.9. The standard InChI is InChI=1S/C12H20N6OS/c1-18(2)5-7-19-6-4-14-10-9-3-8-20-11(9)16-12(15-10)17-13/h3,8H,4-7,13H2,1-2H3,(H2,14,15,16,17). The van der Waals surface area contributed by atoms with Crippen molar-refractivity contribution in [3.63, 3.8) is 0 Å². The molecule has 0 saturated carbocycles. The first-order chi connectivity index (χ1) is 9.70. The number of nitrogens with zero attached hydrogens (tertiary/aromatic N) is 3. The molecule has 0 spiro atoms. The summed E-state index contributed by atoms with van der Waals surface area (Å²) in [5.41, 5.74) is 2.48. The van der Waals surface area contributed by atoms with Crippen LogP contribution in [-0.4, -0.2) is 55.3 Å². The van der Waals surface area contributed by atoms with Gasteiger partial charge in [-0.05, 0) is 25.5 Å². The fraction of sp³-hybridized carbons (Fsp3) is 0.500. The van der Waals surface area contributed by atoms with Crippen molar-refractivity contribution >= 4 is 33.3 Å². The molecule has 20 heavy (non-hydrogen) atoms. The van der Waals surface area contributed by atoms with Gasteiger partial charge in [0.2, 0.25) is 5.95 Å². The van der Waals surface area contributed by atoms with Crippen molar-refractivity contribution < 1.29 is 4.74 Å². The van der Waals surface area contributed by atoms with Crippen molar-refractivity contribution in [1.29, 1.82) is 0 Å². The molecule has 8 heteroatoms. The quantitative estimate of drug-likeness (QED) is 0.380. The average Bonchev–Trinajstić information content (AvgIpc) is 2.90. The molecule has 2 rings (SSSR count). The molecule has 0 aromatic carbocycles. The molecule has 0 aliphatic rings. The number of anilines is 2. The first-order valence-electron chi connectivity index (χ1n) is 6.39. The zero-order chi connectivity index (χ0) is 14.4. The lowest BCUT2D eigenvalue weighted by Gasteiger charge is -2.11. The fourth-order valence-corrected chi connectivity index (χ4v) is 2.41. The van der Waals surface area contributed by atoms with E-state index >= 15 is 0 Å². The number of nitrogens with two attached hydrogens (primary N) is 1. The highest BCUT2D eigenvalue weighted by Crippen LogP contribution is 2.25. The van der Waals surface area contributed by atoms with Gasteiger partial charge in [-0.3, -0.25) is 5.43 Å². The number of thiophene rings is 1. The third-order valence-corrected chi connectivity index (χ3v) is 3.48. The molecule has 0 saturated heterocycles. The Labute approximate surface area is 122 Å². The van der Waals surface area contributed by atoms with Crippen LogP contribution in [0.4, 0.5) is 11.8 Å². The highest BCUT2D eigenvalue weighted by molar-refractivity contribution is 7.16. The summed E-state index contributed by atoms with van der Waals surface area (Å²) < 4.78 is 5.53. The third kappa shape index (κ3) is 4.01. The first-order valence-corrected chi connectivity index (χ1v) is 7.27. The van der Waals surface area contributed by atoms with E-state index in [1.165, 1.54) is 0 Å². The molecule has 0 amide bonds. The van der Waals surface area contributed by atoms with E-state index in [0.29, 0.717) is 19.1 Å². The number of ether oxygens (including phenoxy) is 1. The van der Waals surface area contributed by atoms with Gasteiger partial charge in [0.15, 0.2) is 0 Å². The Hall–Kier alpha value is -1.48. The highest BCUT2D eigenvalue weighted by atomic mass is 32.1. The summed E-state index contributed by atoms with van der Waals surface area (Å²) in [4.78, 5) is 11.6. The highest BCUT2D eigenvalue weighted by Gasteiger charge is 2.07. The van der Waals surface area contributed by atoms with Crippen LogP contribution in [0, 0.1) is 0 Å². The summed E-state index contributed by atoms with van der Waals surface area (Å²) >= 11 is 1.56. The van der Waals surface area contributed by atoms with Crippen LogP contribution in [0.2, 0.25) is 0 Å². The van der Waals surface area contributed by atoms with E-state index in [0.717, 1.165) is 29.2 Å². The molecule has 110 valence electrons. The van der Waals surface area contributed by atoms with Gasteiger partial charge in [0.05, 0.1) is 18.6 Å².